The molecule has 0 amide bonds. The highest BCUT2D eigenvalue weighted by atomic mass is 16.5. The topological polar surface area (TPSA) is 56.3 Å². The average molecular weight is 253 g/mol. The smallest absolute Gasteiger partial charge is 0.218 e. The molecule has 102 valence electrons. The molecule has 0 aromatic carbocycles. The van der Waals surface area contributed by atoms with Crippen molar-refractivity contribution >= 4 is 5.82 Å². The molecule has 0 atom stereocenters. The van der Waals surface area contributed by atoms with Crippen LogP contribution in [0, 0.1) is 0 Å². The SMILES string of the molecule is CCOC(C)(C)CNc1cc(OC(C)C)ncn1. The number of hydrogen-bond acceptors (Lipinski definition) is 5. The van der Waals surface area contributed by atoms with Gasteiger partial charge in [0.15, 0.2) is 0 Å². The number of hydrogen-bond donors (Lipinski definition) is 1. The predicted molar refractivity (Wildman–Crippen MR) is 72.0 cm³/mol. The highest BCUT2D eigenvalue weighted by Crippen LogP contribution is 2.15. The first-order valence-corrected chi connectivity index (χ1v) is 6.29. The Morgan fingerprint density at radius 3 is 2.67 bits per heavy atom. The number of ether oxygens (including phenoxy) is 2. The van der Waals surface area contributed by atoms with Crippen LogP contribution in [0.25, 0.3) is 0 Å². The van der Waals surface area contributed by atoms with Crippen LogP contribution in [0.2, 0.25) is 0 Å². The van der Waals surface area contributed by atoms with Gasteiger partial charge in [-0.25, -0.2) is 9.97 Å². The zero-order valence-electron chi connectivity index (χ0n) is 11.9. The second-order valence-electron chi connectivity index (χ2n) is 4.95. The van der Waals surface area contributed by atoms with Crippen molar-refractivity contribution in [1.29, 1.82) is 0 Å². The first-order valence-electron chi connectivity index (χ1n) is 6.29. The molecule has 5 nitrogen and oxygen atoms in total. The summed E-state index contributed by atoms with van der Waals surface area (Å²) in [7, 11) is 0. The highest BCUT2D eigenvalue weighted by molar-refractivity contribution is 5.37. The molecule has 0 fully saturated rings. The number of aromatic nitrogens is 2. The molecule has 1 aromatic heterocycles. The molecule has 0 radical (unpaired) electrons. The molecule has 0 aliphatic carbocycles. The minimum Gasteiger partial charge on any atom is -0.475 e. The van der Waals surface area contributed by atoms with Crippen molar-refractivity contribution in [2.75, 3.05) is 18.5 Å². The van der Waals surface area contributed by atoms with E-state index >= 15 is 0 Å². The van der Waals surface area contributed by atoms with E-state index in [9.17, 15) is 0 Å². The Morgan fingerprint density at radius 1 is 1.33 bits per heavy atom. The van der Waals surface area contributed by atoms with Crippen LogP contribution >= 0.6 is 0 Å². The third-order valence-corrected chi connectivity index (χ3v) is 2.23. The summed E-state index contributed by atoms with van der Waals surface area (Å²) < 4.78 is 11.1. The Morgan fingerprint density at radius 2 is 2.06 bits per heavy atom. The molecule has 0 spiro atoms. The second-order valence-corrected chi connectivity index (χ2v) is 4.95. The van der Waals surface area contributed by atoms with Gasteiger partial charge in [0.1, 0.15) is 12.1 Å². The van der Waals surface area contributed by atoms with Gasteiger partial charge in [0.05, 0.1) is 11.7 Å². The van der Waals surface area contributed by atoms with Crippen LogP contribution < -0.4 is 10.1 Å². The predicted octanol–water partition coefficient (Wildman–Crippen LogP) is 2.49. The number of nitrogens with one attached hydrogen (secondary N) is 1. The molecule has 0 saturated carbocycles. The van der Waals surface area contributed by atoms with E-state index in [0.717, 1.165) is 5.82 Å². The van der Waals surface area contributed by atoms with E-state index < -0.39 is 0 Å². The van der Waals surface area contributed by atoms with Crippen LogP contribution in [0.15, 0.2) is 12.4 Å². The minimum absolute atomic E-state index is 0.104. The van der Waals surface area contributed by atoms with Crippen LogP contribution in [-0.4, -0.2) is 34.8 Å². The van der Waals surface area contributed by atoms with Crippen molar-refractivity contribution in [3.8, 4) is 5.88 Å². The van der Waals surface area contributed by atoms with Crippen molar-refractivity contribution in [3.05, 3.63) is 12.4 Å². The standard InChI is InChI=1S/C13H23N3O2/c1-6-17-13(4,5)8-14-11-7-12(16-9-15-11)18-10(2)3/h7,9-10H,6,8H2,1-5H3,(H,14,15,16). The molecular formula is C13H23N3O2. The summed E-state index contributed by atoms with van der Waals surface area (Å²) in [5, 5.41) is 3.23. The van der Waals surface area contributed by atoms with Crippen LogP contribution in [-0.2, 0) is 4.74 Å². The Kier molecular flexibility index (Phi) is 5.34. The molecular weight excluding hydrogens is 230 g/mol. The molecule has 1 rings (SSSR count). The van der Waals surface area contributed by atoms with Gasteiger partial charge in [0.25, 0.3) is 0 Å². The van der Waals surface area contributed by atoms with Crippen molar-refractivity contribution in [2.24, 2.45) is 0 Å². The van der Waals surface area contributed by atoms with Crippen LogP contribution in [0.3, 0.4) is 0 Å². The summed E-state index contributed by atoms with van der Waals surface area (Å²) in [5.74, 6) is 1.32. The highest BCUT2D eigenvalue weighted by Gasteiger charge is 2.17. The van der Waals surface area contributed by atoms with Crippen molar-refractivity contribution < 1.29 is 9.47 Å². The van der Waals surface area contributed by atoms with E-state index in [0.29, 0.717) is 19.0 Å². The Bertz CT molecular complexity index is 367. The first kappa shape index (κ1) is 14.7. The lowest BCUT2D eigenvalue weighted by molar-refractivity contribution is 0.000632. The Balaban J connectivity index is 2.57. The van der Waals surface area contributed by atoms with Gasteiger partial charge in [0, 0.05) is 19.2 Å². The van der Waals surface area contributed by atoms with E-state index in [2.05, 4.69) is 15.3 Å². The van der Waals surface area contributed by atoms with E-state index in [4.69, 9.17) is 9.47 Å². The van der Waals surface area contributed by atoms with Gasteiger partial charge in [-0.05, 0) is 34.6 Å². The van der Waals surface area contributed by atoms with Gasteiger partial charge in [-0.2, -0.15) is 0 Å². The van der Waals surface area contributed by atoms with Gasteiger partial charge >= 0.3 is 0 Å². The lowest BCUT2D eigenvalue weighted by Gasteiger charge is -2.25. The van der Waals surface area contributed by atoms with Crippen LogP contribution in [0.4, 0.5) is 5.82 Å². The molecule has 0 unspecified atom stereocenters. The van der Waals surface area contributed by atoms with Gasteiger partial charge in [-0.15, -0.1) is 0 Å². The number of rotatable bonds is 7. The zero-order chi connectivity index (χ0) is 13.6. The quantitative estimate of drug-likeness (QED) is 0.809. The van der Waals surface area contributed by atoms with Gasteiger partial charge in [-0.1, -0.05) is 0 Å². The largest absolute Gasteiger partial charge is 0.475 e. The second kappa shape index (κ2) is 6.54. The van der Waals surface area contributed by atoms with Gasteiger partial charge in [-0.3, -0.25) is 0 Å². The summed E-state index contributed by atoms with van der Waals surface area (Å²) in [6, 6.07) is 1.79. The number of anilines is 1. The fraction of sp³-hybridized carbons (Fsp3) is 0.692. The fourth-order valence-electron chi connectivity index (χ4n) is 1.49. The molecule has 18 heavy (non-hydrogen) atoms. The zero-order valence-corrected chi connectivity index (χ0v) is 11.9. The Hall–Kier alpha value is -1.36. The molecule has 1 heterocycles. The van der Waals surface area contributed by atoms with Crippen LogP contribution in [0.1, 0.15) is 34.6 Å². The summed E-state index contributed by atoms with van der Waals surface area (Å²) in [6.45, 7) is 11.4. The average Bonchev–Trinajstić information content (AvgIpc) is 2.26. The molecule has 0 bridgehead atoms. The Labute approximate surface area is 109 Å². The van der Waals surface area contributed by atoms with Crippen molar-refractivity contribution in [1.82, 2.24) is 9.97 Å². The monoisotopic (exact) mass is 253 g/mol. The van der Waals surface area contributed by atoms with E-state index in [1.54, 1.807) is 6.07 Å². The maximum absolute atomic E-state index is 5.61. The van der Waals surface area contributed by atoms with Gasteiger partial charge < -0.3 is 14.8 Å². The van der Waals surface area contributed by atoms with Gasteiger partial charge in [0.2, 0.25) is 5.88 Å². The lowest BCUT2D eigenvalue weighted by atomic mass is 10.1. The summed E-state index contributed by atoms with van der Waals surface area (Å²) in [5.41, 5.74) is -0.223. The summed E-state index contributed by atoms with van der Waals surface area (Å²) in [6.07, 6.45) is 1.60. The summed E-state index contributed by atoms with van der Waals surface area (Å²) >= 11 is 0. The fourth-order valence-corrected chi connectivity index (χ4v) is 1.49. The normalized spacial score (nSPS) is 11.7. The molecule has 0 saturated heterocycles. The first-order chi connectivity index (χ1) is 8.43. The maximum atomic E-state index is 5.61. The summed E-state index contributed by atoms with van der Waals surface area (Å²) in [4.78, 5) is 8.21. The van der Waals surface area contributed by atoms with Crippen LogP contribution in [0.5, 0.6) is 5.88 Å². The number of nitrogens with zero attached hydrogens (tertiary/aromatic N) is 2. The molecule has 5 heteroatoms. The van der Waals surface area contributed by atoms with E-state index in [1.807, 2.05) is 34.6 Å². The molecule has 1 N–H and O–H groups in total. The molecule has 0 aliphatic rings. The maximum Gasteiger partial charge on any atom is 0.218 e. The van der Waals surface area contributed by atoms with E-state index in [1.165, 1.54) is 6.33 Å². The van der Waals surface area contributed by atoms with Crippen molar-refractivity contribution in [2.45, 2.75) is 46.3 Å². The third-order valence-electron chi connectivity index (χ3n) is 2.23. The minimum atomic E-state index is -0.223. The molecule has 1 aromatic rings. The third kappa shape index (κ3) is 5.31. The van der Waals surface area contributed by atoms with Crippen molar-refractivity contribution in [3.63, 3.8) is 0 Å². The lowest BCUT2D eigenvalue weighted by Crippen LogP contribution is -2.33. The molecule has 0 aliphatic heterocycles. The van der Waals surface area contributed by atoms with E-state index in [-0.39, 0.29) is 11.7 Å².